The van der Waals surface area contributed by atoms with Gasteiger partial charge in [-0.1, -0.05) is 12.1 Å². The molecule has 0 atom stereocenters. The number of hydrogen-bond acceptors (Lipinski definition) is 4. The van der Waals surface area contributed by atoms with Crippen LogP contribution in [0.3, 0.4) is 0 Å². The first-order valence-corrected chi connectivity index (χ1v) is 9.53. The van der Waals surface area contributed by atoms with Crippen molar-refractivity contribution in [2.24, 2.45) is 0 Å². The molecule has 1 fully saturated rings. The van der Waals surface area contributed by atoms with Gasteiger partial charge in [-0.05, 0) is 51.0 Å². The Morgan fingerprint density at radius 3 is 2.66 bits per heavy atom. The number of hydrogen-bond donors (Lipinski definition) is 0. The van der Waals surface area contributed by atoms with Gasteiger partial charge in [0.2, 0.25) is 0 Å². The van der Waals surface area contributed by atoms with Crippen LogP contribution in [0.2, 0.25) is 0 Å². The molecule has 7 heteroatoms. The van der Waals surface area contributed by atoms with Crippen molar-refractivity contribution >= 4 is 10.8 Å². The molecule has 146 valence electrons. The Bertz CT molecular complexity index is 1290. The molecule has 1 aliphatic rings. The molecule has 3 aromatic heterocycles. The third kappa shape index (κ3) is 2.81. The summed E-state index contributed by atoms with van der Waals surface area (Å²) < 4.78 is 23.9. The minimum atomic E-state index is -0.427. The molecule has 0 radical (unpaired) electrons. The Labute approximate surface area is 166 Å². The maximum atomic E-state index is 15.2. The van der Waals surface area contributed by atoms with Gasteiger partial charge in [-0.2, -0.15) is 9.78 Å². The third-order valence-electron chi connectivity index (χ3n) is 5.27. The molecule has 0 amide bonds. The van der Waals surface area contributed by atoms with Crippen LogP contribution < -0.4 is 10.3 Å². The molecule has 0 aliphatic heterocycles. The molecule has 1 aliphatic carbocycles. The minimum Gasteiger partial charge on any atom is -0.487 e. The van der Waals surface area contributed by atoms with Gasteiger partial charge in [0.15, 0.2) is 17.4 Å². The number of pyridine rings is 1. The molecule has 0 saturated heterocycles. The summed E-state index contributed by atoms with van der Waals surface area (Å²) in [4.78, 5) is 17.4. The van der Waals surface area contributed by atoms with Crippen molar-refractivity contribution in [2.45, 2.75) is 32.8 Å². The fourth-order valence-electron chi connectivity index (χ4n) is 3.69. The predicted octanol–water partition coefficient (Wildman–Crippen LogP) is 3.87. The largest absolute Gasteiger partial charge is 0.487 e. The first-order chi connectivity index (χ1) is 14.1. The van der Waals surface area contributed by atoms with Crippen molar-refractivity contribution < 1.29 is 9.13 Å². The van der Waals surface area contributed by atoms with Crippen LogP contribution in [0.1, 0.15) is 24.2 Å². The highest BCUT2D eigenvalue weighted by atomic mass is 19.1. The van der Waals surface area contributed by atoms with E-state index in [2.05, 4.69) is 10.1 Å². The molecule has 3 heterocycles. The SMILES string of the molecule is Cc1c2cnn(-c3ccccn3)c(=O)c2c(C)n1-c1cccc(OC2CC2)c1F. The molecule has 0 bridgehead atoms. The van der Waals surface area contributed by atoms with Crippen molar-refractivity contribution in [1.82, 2.24) is 19.3 Å². The van der Waals surface area contributed by atoms with Gasteiger partial charge in [-0.15, -0.1) is 0 Å². The van der Waals surface area contributed by atoms with E-state index in [1.165, 1.54) is 4.68 Å². The van der Waals surface area contributed by atoms with Crippen molar-refractivity contribution in [3.8, 4) is 17.3 Å². The van der Waals surface area contributed by atoms with E-state index >= 15 is 4.39 Å². The zero-order valence-electron chi connectivity index (χ0n) is 16.1. The lowest BCUT2D eigenvalue weighted by atomic mass is 10.2. The van der Waals surface area contributed by atoms with Crippen LogP contribution in [0, 0.1) is 19.7 Å². The van der Waals surface area contributed by atoms with Gasteiger partial charge in [0.25, 0.3) is 5.56 Å². The van der Waals surface area contributed by atoms with Crippen LogP contribution >= 0.6 is 0 Å². The van der Waals surface area contributed by atoms with Gasteiger partial charge in [0.05, 0.1) is 23.4 Å². The smallest absolute Gasteiger partial charge is 0.282 e. The van der Waals surface area contributed by atoms with Gasteiger partial charge in [0, 0.05) is 23.0 Å². The second-order valence-corrected chi connectivity index (χ2v) is 7.25. The van der Waals surface area contributed by atoms with Crippen LogP contribution in [0.5, 0.6) is 5.75 Å². The summed E-state index contributed by atoms with van der Waals surface area (Å²) in [6.45, 7) is 3.67. The summed E-state index contributed by atoms with van der Waals surface area (Å²) >= 11 is 0. The van der Waals surface area contributed by atoms with E-state index in [0.717, 1.165) is 18.5 Å². The Balaban J connectivity index is 1.72. The van der Waals surface area contributed by atoms with Crippen LogP contribution in [0.15, 0.2) is 53.6 Å². The second-order valence-electron chi connectivity index (χ2n) is 7.25. The predicted molar refractivity (Wildman–Crippen MR) is 108 cm³/mol. The number of halogens is 1. The van der Waals surface area contributed by atoms with Crippen molar-refractivity contribution in [1.29, 1.82) is 0 Å². The van der Waals surface area contributed by atoms with Gasteiger partial charge >= 0.3 is 0 Å². The molecule has 29 heavy (non-hydrogen) atoms. The van der Waals surface area contributed by atoms with Crippen molar-refractivity contribution in [3.63, 3.8) is 0 Å². The molecular formula is C22H19FN4O2. The number of aryl methyl sites for hydroxylation is 2. The van der Waals surface area contributed by atoms with Gasteiger partial charge in [0.1, 0.15) is 0 Å². The lowest BCUT2D eigenvalue weighted by molar-refractivity contribution is 0.287. The Kier molecular flexibility index (Phi) is 3.97. The highest BCUT2D eigenvalue weighted by molar-refractivity contribution is 5.88. The Hall–Kier alpha value is -3.48. The lowest BCUT2D eigenvalue weighted by Crippen LogP contribution is -2.21. The van der Waals surface area contributed by atoms with Crippen LogP contribution in [0.4, 0.5) is 4.39 Å². The Morgan fingerprint density at radius 2 is 1.93 bits per heavy atom. The minimum absolute atomic E-state index is 0.0976. The number of aromatic nitrogens is 4. The fraction of sp³-hybridized carbons (Fsp3) is 0.227. The molecule has 0 unspecified atom stereocenters. The van der Waals surface area contributed by atoms with Gasteiger partial charge < -0.3 is 9.30 Å². The molecule has 6 nitrogen and oxygen atoms in total. The van der Waals surface area contributed by atoms with Crippen LogP contribution in [-0.2, 0) is 0 Å². The monoisotopic (exact) mass is 390 g/mol. The number of benzene rings is 1. The average molecular weight is 390 g/mol. The maximum Gasteiger partial charge on any atom is 0.282 e. The van der Waals surface area contributed by atoms with Crippen molar-refractivity contribution in [2.75, 3.05) is 0 Å². The lowest BCUT2D eigenvalue weighted by Gasteiger charge is -2.13. The van der Waals surface area contributed by atoms with Crippen LogP contribution in [0.25, 0.3) is 22.3 Å². The highest BCUT2D eigenvalue weighted by Gasteiger charge is 2.26. The number of fused-ring (bicyclic) bond motifs is 1. The fourth-order valence-corrected chi connectivity index (χ4v) is 3.69. The van der Waals surface area contributed by atoms with E-state index in [4.69, 9.17) is 4.74 Å². The van der Waals surface area contributed by atoms with Crippen molar-refractivity contribution in [3.05, 3.63) is 76.4 Å². The molecule has 0 spiro atoms. The maximum absolute atomic E-state index is 15.2. The van der Waals surface area contributed by atoms with Gasteiger partial charge in [-0.3, -0.25) is 4.79 Å². The summed E-state index contributed by atoms with van der Waals surface area (Å²) in [5.41, 5.74) is 1.47. The normalized spacial score (nSPS) is 13.8. The van der Waals surface area contributed by atoms with Gasteiger partial charge in [-0.25, -0.2) is 9.37 Å². The highest BCUT2D eigenvalue weighted by Crippen LogP contribution is 2.33. The zero-order valence-corrected chi connectivity index (χ0v) is 16.1. The molecule has 1 saturated carbocycles. The number of ether oxygens (including phenoxy) is 1. The number of rotatable bonds is 4. The second kappa shape index (κ2) is 6.55. The molecule has 4 aromatic rings. The number of nitrogens with zero attached hydrogens (tertiary/aromatic N) is 4. The average Bonchev–Trinajstić information content (AvgIpc) is 3.51. The topological polar surface area (TPSA) is 61.9 Å². The zero-order chi connectivity index (χ0) is 20.1. The summed E-state index contributed by atoms with van der Waals surface area (Å²) in [6, 6.07) is 10.4. The standard InChI is InChI=1S/C22H19FN4O2/c1-13-16-12-25-27(19-8-3-4-11-24-19)22(28)20(16)14(2)26(13)17-6-5-7-18(21(17)23)29-15-9-10-15/h3-8,11-12,15H,9-10H2,1-2H3. The van der Waals surface area contributed by atoms with E-state index in [0.29, 0.717) is 28.0 Å². The van der Waals surface area contributed by atoms with Crippen LogP contribution in [-0.4, -0.2) is 25.4 Å². The van der Waals surface area contributed by atoms with E-state index in [9.17, 15) is 4.79 Å². The summed E-state index contributed by atoms with van der Waals surface area (Å²) in [5, 5.41) is 5.47. The summed E-state index contributed by atoms with van der Waals surface area (Å²) in [7, 11) is 0. The first kappa shape index (κ1) is 17.6. The third-order valence-corrected chi connectivity index (χ3v) is 5.27. The van der Waals surface area contributed by atoms with E-state index in [1.54, 1.807) is 53.4 Å². The molecule has 0 N–H and O–H groups in total. The van der Waals surface area contributed by atoms with E-state index < -0.39 is 5.82 Å². The summed E-state index contributed by atoms with van der Waals surface area (Å²) in [6.07, 6.45) is 5.24. The quantitative estimate of drug-likeness (QED) is 0.531. The molecular weight excluding hydrogens is 371 g/mol. The molecule has 1 aromatic carbocycles. The Morgan fingerprint density at radius 1 is 1.10 bits per heavy atom. The first-order valence-electron chi connectivity index (χ1n) is 9.53. The van der Waals surface area contributed by atoms with E-state index in [-0.39, 0.29) is 17.4 Å². The molecule has 5 rings (SSSR count). The summed E-state index contributed by atoms with van der Waals surface area (Å²) in [5.74, 6) is 0.254. The van der Waals surface area contributed by atoms with E-state index in [1.807, 2.05) is 13.8 Å².